The highest BCUT2D eigenvalue weighted by Crippen LogP contribution is 2.49. The Hall–Kier alpha value is -4.08. The zero-order chi connectivity index (χ0) is 39.9. The van der Waals surface area contributed by atoms with Crippen molar-refractivity contribution in [3.63, 3.8) is 0 Å². The number of nitrogens with one attached hydrogen (secondary N) is 2. The van der Waals surface area contributed by atoms with Crippen molar-refractivity contribution < 1.29 is 51.4 Å². The van der Waals surface area contributed by atoms with Gasteiger partial charge in [-0.2, -0.15) is 0 Å². The second-order valence-corrected chi connectivity index (χ2v) is 16.0. The number of hydrogen-bond acceptors (Lipinski definition) is 11. The second-order valence-electron chi connectivity index (χ2n) is 12.7. The van der Waals surface area contributed by atoms with Crippen LogP contribution in [0.25, 0.3) is 11.1 Å². The molecular weight excluding hydrogens is 826 g/mol. The van der Waals surface area contributed by atoms with Crippen molar-refractivity contribution in [1.82, 2.24) is 9.88 Å². The fourth-order valence-corrected chi connectivity index (χ4v) is 8.62. The summed E-state index contributed by atoms with van der Waals surface area (Å²) in [7, 11) is -2.71. The molecule has 0 fully saturated rings. The molecule has 0 saturated carbocycles. The molecule has 3 aromatic rings. The molecule has 296 valence electrons. The van der Waals surface area contributed by atoms with Gasteiger partial charge in [0.25, 0.3) is 5.88 Å². The first-order valence-electron chi connectivity index (χ1n) is 17.7. The van der Waals surface area contributed by atoms with Crippen LogP contribution >= 0.6 is 35.1 Å². The number of fused-ring (bicyclic) bond motifs is 6. The molecule has 3 heterocycles. The predicted octanol–water partition coefficient (Wildman–Crippen LogP) is 8.42. The Bertz CT molecular complexity index is 2000. The number of hydrogen-bond donors (Lipinski definition) is 2. The van der Waals surface area contributed by atoms with Gasteiger partial charge in [0.15, 0.2) is 17.3 Å². The topological polar surface area (TPSA) is 172 Å². The fourth-order valence-electron chi connectivity index (χ4n) is 6.38. The molecule has 2 atom stereocenters. The number of Topliss-reactive ketones (excluding diaryl/α,β-unsaturated/α-hetero) is 1. The maximum Gasteiger partial charge on any atom is 0.411 e. The number of carbonyl (C=O) groups is 4. The molecule has 0 unspecified atom stereocenters. The summed E-state index contributed by atoms with van der Waals surface area (Å²) in [6, 6.07) is 8.50. The van der Waals surface area contributed by atoms with E-state index in [9.17, 15) is 23.7 Å². The molecule has 0 spiro atoms. The highest BCUT2D eigenvalue weighted by molar-refractivity contribution is 9.10. The van der Waals surface area contributed by atoms with Crippen LogP contribution in [0.2, 0.25) is 5.02 Å². The summed E-state index contributed by atoms with van der Waals surface area (Å²) in [5.74, 6) is -2.59. The number of rotatable bonds is 12. The van der Waals surface area contributed by atoms with E-state index in [0.717, 1.165) is 0 Å². The summed E-state index contributed by atoms with van der Waals surface area (Å²) >= 11 is 9.26. The van der Waals surface area contributed by atoms with E-state index in [1.54, 1.807) is 45.0 Å². The van der Waals surface area contributed by atoms with Gasteiger partial charge in [0, 0.05) is 40.2 Å². The third kappa shape index (κ3) is 10.0. The summed E-state index contributed by atoms with van der Waals surface area (Å²) in [4.78, 5) is 60.0. The van der Waals surface area contributed by atoms with Crippen LogP contribution in [-0.4, -0.2) is 79.8 Å². The van der Waals surface area contributed by atoms with E-state index in [4.69, 9.17) is 39.8 Å². The van der Waals surface area contributed by atoms with E-state index in [-0.39, 0.29) is 78.4 Å². The van der Waals surface area contributed by atoms with Gasteiger partial charge in [-0.3, -0.25) is 24.3 Å². The van der Waals surface area contributed by atoms with E-state index < -0.39 is 49.3 Å². The number of anilines is 2. The van der Waals surface area contributed by atoms with Gasteiger partial charge >= 0.3 is 13.7 Å². The minimum atomic E-state index is -3.95. The standard InChI is InChI=1S/C37H42BrClFN4O10P/c1-5-53-55(49,54-6-2)20-31(46)44(15-14-30(45)32-25(38)12-13-26(39)33(32)40)29-9-7-8-21(3)35(47)42-27-18-22(41-37(48)50-4)10-11-23(27)24-19-28(29)43-36-34(24)51-16-17-52-36/h10-13,18-19,21,29H,5-9,14-17,20H2,1-4H3,(H,41,48)(H,42,47)/t21-,29+/m1/s1. The molecule has 2 N–H and O–H groups in total. The van der Waals surface area contributed by atoms with Crippen molar-refractivity contribution in [2.45, 2.75) is 52.5 Å². The summed E-state index contributed by atoms with van der Waals surface area (Å²) in [5.41, 5.74) is 1.72. The lowest BCUT2D eigenvalue weighted by molar-refractivity contribution is -0.131. The number of aromatic nitrogens is 1. The maximum absolute atomic E-state index is 15.2. The molecule has 18 heteroatoms. The molecule has 0 saturated heterocycles. The van der Waals surface area contributed by atoms with Gasteiger partial charge in [0.05, 0.1) is 48.3 Å². The predicted molar refractivity (Wildman–Crippen MR) is 207 cm³/mol. The number of pyridine rings is 1. The first kappa shape index (κ1) is 42.1. The molecule has 2 aliphatic heterocycles. The third-order valence-electron chi connectivity index (χ3n) is 9.01. The van der Waals surface area contributed by atoms with Gasteiger partial charge < -0.3 is 33.5 Å². The van der Waals surface area contributed by atoms with E-state index in [1.807, 2.05) is 0 Å². The van der Waals surface area contributed by atoms with Gasteiger partial charge in [0.2, 0.25) is 11.8 Å². The van der Waals surface area contributed by atoms with E-state index in [2.05, 4.69) is 26.6 Å². The average molecular weight is 868 g/mol. The number of benzene rings is 2. The van der Waals surface area contributed by atoms with Crippen LogP contribution in [0.1, 0.15) is 68.5 Å². The Morgan fingerprint density at radius 2 is 1.82 bits per heavy atom. The van der Waals surface area contributed by atoms with Crippen molar-refractivity contribution in [3.8, 4) is 22.8 Å². The smallest absolute Gasteiger partial charge is 0.411 e. The number of methoxy groups -OCH3 is 1. The first-order valence-corrected chi connectivity index (χ1v) is 20.6. The maximum atomic E-state index is 15.2. The molecule has 5 rings (SSSR count). The normalized spacial score (nSPS) is 16.8. The van der Waals surface area contributed by atoms with Crippen LogP contribution < -0.4 is 20.1 Å². The number of nitrogens with zero attached hydrogens (tertiary/aromatic N) is 2. The van der Waals surface area contributed by atoms with Gasteiger partial charge in [-0.05, 0) is 73.0 Å². The van der Waals surface area contributed by atoms with Crippen molar-refractivity contribution in [1.29, 1.82) is 0 Å². The lowest BCUT2D eigenvalue weighted by Gasteiger charge is -2.34. The number of ketones is 1. The van der Waals surface area contributed by atoms with Gasteiger partial charge in [-0.1, -0.05) is 31.0 Å². The zero-order valence-corrected chi connectivity index (χ0v) is 34.0. The number of amides is 3. The number of carbonyl (C=O) groups excluding carboxylic acids is 4. The Kier molecular flexibility index (Phi) is 14.3. The highest BCUT2D eigenvalue weighted by Gasteiger charge is 2.36. The molecular formula is C37H42BrClFN4O10P. The first-order chi connectivity index (χ1) is 26.3. The minimum Gasteiger partial charge on any atom is -0.484 e. The number of ether oxygens (including phenoxy) is 3. The Morgan fingerprint density at radius 3 is 2.53 bits per heavy atom. The molecule has 1 aromatic heterocycles. The fraction of sp³-hybridized carbons (Fsp3) is 0.432. The van der Waals surface area contributed by atoms with E-state index in [0.29, 0.717) is 41.0 Å². The third-order valence-corrected chi connectivity index (χ3v) is 11.9. The summed E-state index contributed by atoms with van der Waals surface area (Å²) in [6.07, 6.45) is -0.663. The quantitative estimate of drug-likeness (QED) is 0.102. The molecule has 0 radical (unpaired) electrons. The average Bonchev–Trinajstić information content (AvgIpc) is 3.15. The number of halogens is 3. The molecule has 0 aliphatic carbocycles. The molecule has 2 aliphatic rings. The summed E-state index contributed by atoms with van der Waals surface area (Å²) in [5, 5.41) is 5.35. The summed E-state index contributed by atoms with van der Waals surface area (Å²) < 4.78 is 56.8. The molecule has 2 bridgehead atoms. The van der Waals surface area contributed by atoms with Crippen molar-refractivity contribution in [2.24, 2.45) is 5.92 Å². The van der Waals surface area contributed by atoms with Gasteiger partial charge in [-0.15, -0.1) is 0 Å². The second kappa shape index (κ2) is 18.7. The van der Waals surface area contributed by atoms with E-state index >= 15 is 4.39 Å². The van der Waals surface area contributed by atoms with Gasteiger partial charge in [0.1, 0.15) is 19.4 Å². The van der Waals surface area contributed by atoms with Gasteiger partial charge in [-0.25, -0.2) is 14.2 Å². The minimum absolute atomic E-state index is 0.0117. The van der Waals surface area contributed by atoms with Crippen LogP contribution in [-0.2, 0) is 27.9 Å². The van der Waals surface area contributed by atoms with Crippen molar-refractivity contribution in [2.75, 3.05) is 56.9 Å². The molecule has 55 heavy (non-hydrogen) atoms. The molecule has 14 nitrogen and oxygen atoms in total. The molecule has 2 aromatic carbocycles. The van der Waals surface area contributed by atoms with Crippen LogP contribution in [0.4, 0.5) is 20.6 Å². The Labute approximate surface area is 331 Å². The van der Waals surface area contributed by atoms with Crippen molar-refractivity contribution in [3.05, 3.63) is 63.0 Å². The van der Waals surface area contributed by atoms with Crippen LogP contribution in [0.3, 0.4) is 0 Å². The monoisotopic (exact) mass is 866 g/mol. The molecule has 3 amide bonds. The SMILES string of the molecule is CCOP(=O)(CC(=O)N(CCC(=O)c1c(Br)ccc(Cl)c1F)[C@H]1CCC[C@@H](C)C(=O)Nc2cc(NC(=O)OC)ccc2-c2cc1nc1c2OCCO1)OCC. The van der Waals surface area contributed by atoms with Crippen molar-refractivity contribution >= 4 is 70.2 Å². The Balaban J connectivity index is 1.67. The lowest BCUT2D eigenvalue weighted by atomic mass is 9.93. The van der Waals surface area contributed by atoms with E-state index in [1.165, 1.54) is 24.1 Å². The Morgan fingerprint density at radius 1 is 1.09 bits per heavy atom. The zero-order valence-electron chi connectivity index (χ0n) is 30.7. The summed E-state index contributed by atoms with van der Waals surface area (Å²) in [6.45, 7) is 5.18. The van der Waals surface area contributed by atoms with Crippen LogP contribution in [0, 0.1) is 11.7 Å². The highest BCUT2D eigenvalue weighted by atomic mass is 79.9. The lowest BCUT2D eigenvalue weighted by Crippen LogP contribution is -2.39. The largest absolute Gasteiger partial charge is 0.484 e. The van der Waals surface area contributed by atoms with Crippen LogP contribution in [0.5, 0.6) is 11.6 Å². The van der Waals surface area contributed by atoms with Crippen LogP contribution in [0.15, 0.2) is 40.9 Å².